The van der Waals surface area contributed by atoms with E-state index in [1.54, 1.807) is 0 Å². The van der Waals surface area contributed by atoms with E-state index in [0.717, 1.165) is 6.07 Å². The second-order valence-corrected chi connectivity index (χ2v) is 3.57. The zero-order chi connectivity index (χ0) is 9.35. The van der Waals surface area contributed by atoms with Gasteiger partial charge in [-0.3, -0.25) is 0 Å². The third-order valence-corrected chi connectivity index (χ3v) is 2.87. The fraction of sp³-hybridized carbons (Fsp3) is 0.167. The summed E-state index contributed by atoms with van der Waals surface area (Å²) in [7, 11) is 0. The van der Waals surface area contributed by atoms with Gasteiger partial charge in [0.25, 0.3) is 0 Å². The smallest absolute Gasteiger partial charge is 0.235 e. The molecule has 0 aliphatic rings. The van der Waals surface area contributed by atoms with Crippen LogP contribution in [0.4, 0.5) is 13.2 Å². The topological polar surface area (TPSA) is 12.9 Å². The van der Waals surface area contributed by atoms with Gasteiger partial charge < -0.3 is 0 Å². The highest BCUT2D eigenvalue weighted by atomic mass is 79.9. The minimum Gasteiger partial charge on any atom is -0.235 e. The molecule has 6 heteroatoms. The number of halogens is 5. The van der Waals surface area contributed by atoms with Crippen LogP contribution in [0, 0.1) is 0 Å². The summed E-state index contributed by atoms with van der Waals surface area (Å²) in [6.45, 7) is 0. The molecule has 0 unspecified atom stereocenters. The molecule has 0 bridgehead atoms. The Balaban J connectivity index is 3.14. The Morgan fingerprint density at radius 2 is 1.75 bits per heavy atom. The molecular weight excluding hydrogens is 303 g/mol. The molecule has 0 radical (unpaired) electrons. The van der Waals surface area contributed by atoms with Gasteiger partial charge in [0.2, 0.25) is 0 Å². The molecule has 1 nitrogen and oxygen atoms in total. The molecule has 0 saturated heterocycles. The van der Waals surface area contributed by atoms with Crippen LogP contribution in [0.15, 0.2) is 21.2 Å². The molecule has 0 aromatic carbocycles. The summed E-state index contributed by atoms with van der Waals surface area (Å²) in [6.07, 6.45) is -4.39. The van der Waals surface area contributed by atoms with Crippen molar-refractivity contribution in [1.29, 1.82) is 0 Å². The van der Waals surface area contributed by atoms with E-state index in [0.29, 0.717) is 4.47 Å². The molecule has 0 atom stereocenters. The number of hydrogen-bond acceptors (Lipinski definition) is 1. The number of alkyl halides is 3. The maximum atomic E-state index is 12.0. The maximum Gasteiger partial charge on any atom is 0.433 e. The number of pyridine rings is 1. The van der Waals surface area contributed by atoms with Crippen LogP contribution in [0.25, 0.3) is 0 Å². The Kier molecular flexibility index (Phi) is 2.77. The normalized spacial score (nSPS) is 11.8. The molecule has 1 rings (SSSR count). The minimum atomic E-state index is -4.39. The molecule has 0 spiro atoms. The van der Waals surface area contributed by atoms with E-state index in [2.05, 4.69) is 36.8 Å². The second-order valence-electron chi connectivity index (χ2n) is 1.97. The molecule has 0 aliphatic carbocycles. The first kappa shape index (κ1) is 9.98. The Hall–Kier alpha value is -0.100. The van der Waals surface area contributed by atoms with Gasteiger partial charge in [0.05, 0.1) is 4.47 Å². The first-order valence-corrected chi connectivity index (χ1v) is 4.39. The molecule has 0 fully saturated rings. The Labute approximate surface area is 83.2 Å². The van der Waals surface area contributed by atoms with E-state index >= 15 is 0 Å². The molecule has 0 saturated carbocycles. The lowest BCUT2D eigenvalue weighted by molar-refractivity contribution is -0.141. The average Bonchev–Trinajstić information content (AvgIpc) is 1.92. The lowest BCUT2D eigenvalue weighted by Crippen LogP contribution is -2.07. The molecule has 1 aromatic rings. The third kappa shape index (κ3) is 2.20. The highest BCUT2D eigenvalue weighted by Gasteiger charge is 2.32. The van der Waals surface area contributed by atoms with Crippen molar-refractivity contribution in [2.75, 3.05) is 0 Å². The number of nitrogens with zero attached hydrogens (tertiary/aromatic N) is 1. The number of rotatable bonds is 0. The fourth-order valence-electron chi connectivity index (χ4n) is 0.575. The van der Waals surface area contributed by atoms with Crippen molar-refractivity contribution < 1.29 is 13.2 Å². The second kappa shape index (κ2) is 3.33. The van der Waals surface area contributed by atoms with Crippen LogP contribution in [0.2, 0.25) is 0 Å². The monoisotopic (exact) mass is 303 g/mol. The molecule has 66 valence electrons. The first-order valence-electron chi connectivity index (χ1n) is 2.80. The van der Waals surface area contributed by atoms with Crippen LogP contribution in [0.5, 0.6) is 0 Å². The molecule has 0 amide bonds. The van der Waals surface area contributed by atoms with E-state index in [1.165, 1.54) is 6.07 Å². The average molecular weight is 305 g/mol. The fourth-order valence-corrected chi connectivity index (χ4v) is 1.12. The van der Waals surface area contributed by atoms with Crippen LogP contribution in [0.1, 0.15) is 5.69 Å². The van der Waals surface area contributed by atoms with Gasteiger partial charge >= 0.3 is 6.18 Å². The van der Waals surface area contributed by atoms with Crippen LogP contribution >= 0.6 is 31.9 Å². The first-order chi connectivity index (χ1) is 5.41. The van der Waals surface area contributed by atoms with Crippen molar-refractivity contribution in [2.24, 2.45) is 0 Å². The summed E-state index contributed by atoms with van der Waals surface area (Å²) < 4.78 is 36.6. The zero-order valence-electron chi connectivity index (χ0n) is 5.49. The molecule has 1 aromatic heterocycles. The summed E-state index contributed by atoms with van der Waals surface area (Å²) in [6, 6.07) is 2.20. The SMILES string of the molecule is FC(F)(F)c1ccc(Br)c(Br)n1. The van der Waals surface area contributed by atoms with Gasteiger partial charge in [0.15, 0.2) is 0 Å². The van der Waals surface area contributed by atoms with Crippen molar-refractivity contribution in [3.63, 3.8) is 0 Å². The van der Waals surface area contributed by atoms with Crippen molar-refractivity contribution >= 4 is 31.9 Å². The van der Waals surface area contributed by atoms with E-state index in [-0.39, 0.29) is 4.60 Å². The summed E-state index contributed by atoms with van der Waals surface area (Å²) in [5.74, 6) is 0. The molecule has 0 aliphatic heterocycles. The van der Waals surface area contributed by atoms with Gasteiger partial charge in [-0.05, 0) is 44.0 Å². The zero-order valence-corrected chi connectivity index (χ0v) is 8.66. The van der Waals surface area contributed by atoms with Crippen LogP contribution < -0.4 is 0 Å². The van der Waals surface area contributed by atoms with Crippen molar-refractivity contribution in [3.05, 3.63) is 26.9 Å². The lowest BCUT2D eigenvalue weighted by atomic mass is 10.3. The predicted molar refractivity (Wildman–Crippen MR) is 44.6 cm³/mol. The summed E-state index contributed by atoms with van der Waals surface area (Å²) in [4.78, 5) is 3.29. The molecule has 12 heavy (non-hydrogen) atoms. The van der Waals surface area contributed by atoms with E-state index in [4.69, 9.17) is 0 Å². The molecule has 0 N–H and O–H groups in total. The minimum absolute atomic E-state index is 0.150. The van der Waals surface area contributed by atoms with Gasteiger partial charge in [-0.1, -0.05) is 0 Å². The Bertz CT molecular complexity index is 297. The van der Waals surface area contributed by atoms with Gasteiger partial charge in [0, 0.05) is 0 Å². The summed E-state index contributed by atoms with van der Waals surface area (Å²) in [5.41, 5.74) is -0.905. The standard InChI is InChI=1S/C6H2Br2F3N/c7-3-1-2-4(6(9,10)11)12-5(3)8/h1-2H. The van der Waals surface area contributed by atoms with Crippen molar-refractivity contribution in [3.8, 4) is 0 Å². The van der Waals surface area contributed by atoms with Gasteiger partial charge in [-0.15, -0.1) is 0 Å². The van der Waals surface area contributed by atoms with Crippen molar-refractivity contribution in [2.45, 2.75) is 6.18 Å². The highest BCUT2D eigenvalue weighted by Crippen LogP contribution is 2.30. The summed E-state index contributed by atoms with van der Waals surface area (Å²) >= 11 is 5.90. The van der Waals surface area contributed by atoms with Crippen LogP contribution in [-0.2, 0) is 6.18 Å². The van der Waals surface area contributed by atoms with E-state index in [9.17, 15) is 13.2 Å². The van der Waals surface area contributed by atoms with Crippen molar-refractivity contribution in [1.82, 2.24) is 4.98 Å². The van der Waals surface area contributed by atoms with E-state index < -0.39 is 11.9 Å². The van der Waals surface area contributed by atoms with Gasteiger partial charge in [-0.25, -0.2) is 4.98 Å². The van der Waals surface area contributed by atoms with Crippen LogP contribution in [0.3, 0.4) is 0 Å². The highest BCUT2D eigenvalue weighted by molar-refractivity contribution is 9.13. The van der Waals surface area contributed by atoms with Crippen LogP contribution in [-0.4, -0.2) is 4.98 Å². The van der Waals surface area contributed by atoms with Gasteiger partial charge in [0.1, 0.15) is 10.3 Å². The quantitative estimate of drug-likeness (QED) is 0.667. The molecule has 1 heterocycles. The Morgan fingerprint density at radius 3 is 2.17 bits per heavy atom. The summed E-state index contributed by atoms with van der Waals surface area (Å²) in [5, 5.41) is 0. The predicted octanol–water partition coefficient (Wildman–Crippen LogP) is 3.63. The number of aromatic nitrogens is 1. The number of hydrogen-bond donors (Lipinski definition) is 0. The van der Waals surface area contributed by atoms with E-state index in [1.807, 2.05) is 0 Å². The van der Waals surface area contributed by atoms with Gasteiger partial charge in [-0.2, -0.15) is 13.2 Å². The maximum absolute atomic E-state index is 12.0. The third-order valence-electron chi connectivity index (χ3n) is 1.09. The largest absolute Gasteiger partial charge is 0.433 e. The molecular formula is C6H2Br2F3N. The lowest BCUT2D eigenvalue weighted by Gasteiger charge is -2.05. The Morgan fingerprint density at radius 1 is 1.17 bits per heavy atom.